The van der Waals surface area contributed by atoms with Gasteiger partial charge in [0.2, 0.25) is 0 Å². The Morgan fingerprint density at radius 3 is 2.62 bits per heavy atom. The van der Waals surface area contributed by atoms with Crippen molar-refractivity contribution in [1.29, 1.82) is 0 Å². The van der Waals surface area contributed by atoms with E-state index in [-0.39, 0.29) is 11.6 Å². The van der Waals surface area contributed by atoms with E-state index < -0.39 is 4.92 Å². The van der Waals surface area contributed by atoms with E-state index >= 15 is 0 Å². The molecule has 2 aromatic rings. The molecule has 0 spiro atoms. The maximum atomic E-state index is 11.9. The lowest BCUT2D eigenvalue weighted by Crippen LogP contribution is -3.08. The summed E-state index contributed by atoms with van der Waals surface area (Å²) in [5.74, 6) is -0.113. The number of quaternary nitrogens is 1. The predicted molar refractivity (Wildman–Crippen MR) is 81.5 cm³/mol. The molecule has 1 atom stereocenters. The van der Waals surface area contributed by atoms with Crippen molar-refractivity contribution in [3.8, 4) is 0 Å². The number of anilines is 1. The molecule has 1 aromatic heterocycles. The lowest BCUT2D eigenvalue weighted by Gasteiger charge is -2.12. The van der Waals surface area contributed by atoms with Crippen LogP contribution in [0, 0.1) is 10.1 Å². The van der Waals surface area contributed by atoms with Gasteiger partial charge in [0.1, 0.15) is 6.54 Å². The molecule has 0 bridgehead atoms. The van der Waals surface area contributed by atoms with Gasteiger partial charge in [-0.25, -0.2) is 0 Å². The van der Waals surface area contributed by atoms with Crippen LogP contribution in [0.2, 0.25) is 0 Å². The second kappa shape index (κ2) is 6.96. The topological polar surface area (TPSA) is 76.7 Å². The number of thiophene rings is 1. The summed E-state index contributed by atoms with van der Waals surface area (Å²) in [5.41, 5.74) is 0.572. The molecule has 0 radical (unpaired) electrons. The summed E-state index contributed by atoms with van der Waals surface area (Å²) in [4.78, 5) is 24.3. The highest BCUT2D eigenvalue weighted by Gasteiger charge is 2.12. The van der Waals surface area contributed by atoms with Crippen molar-refractivity contribution in [3.05, 3.63) is 56.8 Å². The normalized spacial score (nSPS) is 11.9. The fourth-order valence-corrected chi connectivity index (χ4v) is 2.74. The van der Waals surface area contributed by atoms with Crippen LogP contribution in [0.5, 0.6) is 0 Å². The molecular weight excluding hydrogens is 290 g/mol. The smallest absolute Gasteiger partial charge is 0.279 e. The highest BCUT2D eigenvalue weighted by molar-refractivity contribution is 7.09. The standard InChI is InChI=1S/C14H15N3O3S/c1-16(9-13-3-2-8-21-13)10-14(18)15-11-4-6-12(7-5-11)17(19)20/h2-8H,9-10H2,1H3,(H,15,18)/p+1. The number of nitro benzene ring substituents is 1. The molecule has 0 saturated heterocycles. The number of nitrogens with one attached hydrogen (secondary N) is 2. The molecule has 21 heavy (non-hydrogen) atoms. The van der Waals surface area contributed by atoms with Crippen molar-refractivity contribution in [2.75, 3.05) is 18.9 Å². The van der Waals surface area contributed by atoms with Crippen LogP contribution in [0.25, 0.3) is 0 Å². The molecule has 0 aliphatic rings. The van der Waals surface area contributed by atoms with Crippen molar-refractivity contribution >= 4 is 28.6 Å². The average Bonchev–Trinajstić information content (AvgIpc) is 2.91. The second-order valence-electron chi connectivity index (χ2n) is 4.74. The second-order valence-corrected chi connectivity index (χ2v) is 5.77. The third kappa shape index (κ3) is 4.66. The summed E-state index contributed by atoms with van der Waals surface area (Å²) in [6.07, 6.45) is 0. The van der Waals surface area contributed by atoms with Gasteiger partial charge in [0.15, 0.2) is 6.54 Å². The van der Waals surface area contributed by atoms with Gasteiger partial charge in [-0.1, -0.05) is 6.07 Å². The maximum absolute atomic E-state index is 11.9. The number of nitro groups is 1. The Morgan fingerprint density at radius 2 is 2.05 bits per heavy atom. The van der Waals surface area contributed by atoms with Crippen LogP contribution in [-0.2, 0) is 11.3 Å². The molecule has 0 aliphatic carbocycles. The quantitative estimate of drug-likeness (QED) is 0.624. The van der Waals surface area contributed by atoms with Crippen LogP contribution in [0.3, 0.4) is 0 Å². The predicted octanol–water partition coefficient (Wildman–Crippen LogP) is 1.31. The molecule has 1 unspecified atom stereocenters. The van der Waals surface area contributed by atoms with Crippen molar-refractivity contribution in [2.45, 2.75) is 6.54 Å². The number of carbonyl (C=O) groups excluding carboxylic acids is 1. The molecule has 110 valence electrons. The minimum absolute atomic E-state index is 0.00781. The van der Waals surface area contributed by atoms with Gasteiger partial charge in [0.05, 0.1) is 16.8 Å². The molecule has 0 saturated carbocycles. The van der Waals surface area contributed by atoms with E-state index in [2.05, 4.69) is 5.32 Å². The van der Waals surface area contributed by atoms with Gasteiger partial charge in [-0.15, -0.1) is 11.3 Å². The lowest BCUT2D eigenvalue weighted by atomic mass is 10.3. The average molecular weight is 306 g/mol. The van der Waals surface area contributed by atoms with Crippen LogP contribution < -0.4 is 10.2 Å². The highest BCUT2D eigenvalue weighted by Crippen LogP contribution is 2.15. The van der Waals surface area contributed by atoms with Crippen LogP contribution in [0.1, 0.15) is 4.88 Å². The van der Waals surface area contributed by atoms with E-state index in [4.69, 9.17) is 0 Å². The fraction of sp³-hybridized carbons (Fsp3) is 0.214. The number of hydrogen-bond donors (Lipinski definition) is 2. The Hall–Kier alpha value is -2.25. The lowest BCUT2D eigenvalue weighted by molar-refractivity contribution is -0.884. The maximum Gasteiger partial charge on any atom is 0.279 e. The van der Waals surface area contributed by atoms with Gasteiger partial charge in [-0.2, -0.15) is 0 Å². The molecule has 1 aromatic carbocycles. The van der Waals surface area contributed by atoms with E-state index in [0.29, 0.717) is 12.2 Å². The minimum Gasteiger partial charge on any atom is -0.325 e. The van der Waals surface area contributed by atoms with Crippen LogP contribution in [-0.4, -0.2) is 24.4 Å². The third-order valence-electron chi connectivity index (χ3n) is 2.88. The zero-order valence-electron chi connectivity index (χ0n) is 11.5. The summed E-state index contributed by atoms with van der Waals surface area (Å²) in [6, 6.07) is 9.84. The Balaban J connectivity index is 1.84. The fourth-order valence-electron chi connectivity index (χ4n) is 1.92. The molecule has 1 amide bonds. The number of benzene rings is 1. The van der Waals surface area contributed by atoms with E-state index in [9.17, 15) is 14.9 Å². The van der Waals surface area contributed by atoms with Crippen molar-refractivity contribution in [3.63, 3.8) is 0 Å². The first-order valence-corrected chi connectivity index (χ1v) is 7.30. The molecule has 2 N–H and O–H groups in total. The monoisotopic (exact) mass is 306 g/mol. The largest absolute Gasteiger partial charge is 0.325 e. The Kier molecular flexibility index (Phi) is 5.02. The Morgan fingerprint density at radius 1 is 1.33 bits per heavy atom. The molecule has 7 heteroatoms. The molecule has 0 aliphatic heterocycles. The number of rotatable bonds is 6. The summed E-state index contributed by atoms with van der Waals surface area (Å²) in [6.45, 7) is 1.14. The van der Waals surface area contributed by atoms with Gasteiger partial charge in [0, 0.05) is 17.8 Å². The summed E-state index contributed by atoms with van der Waals surface area (Å²) >= 11 is 1.67. The minimum atomic E-state index is -0.468. The summed E-state index contributed by atoms with van der Waals surface area (Å²) < 4.78 is 0. The van der Waals surface area contributed by atoms with Crippen LogP contribution >= 0.6 is 11.3 Å². The van der Waals surface area contributed by atoms with Crippen LogP contribution in [0.15, 0.2) is 41.8 Å². The summed E-state index contributed by atoms with van der Waals surface area (Å²) in [5, 5.41) is 15.3. The molecule has 2 rings (SSSR count). The van der Waals surface area contributed by atoms with Gasteiger partial charge in [-0.05, 0) is 23.6 Å². The molecule has 1 heterocycles. The van der Waals surface area contributed by atoms with Crippen LogP contribution in [0.4, 0.5) is 11.4 Å². The molecule has 6 nitrogen and oxygen atoms in total. The zero-order valence-corrected chi connectivity index (χ0v) is 12.4. The van der Waals surface area contributed by atoms with Crippen molar-refractivity contribution in [2.24, 2.45) is 0 Å². The van der Waals surface area contributed by atoms with E-state index in [1.54, 1.807) is 11.3 Å². The molecular formula is C14H16N3O3S+. The van der Waals surface area contributed by atoms with Gasteiger partial charge in [0.25, 0.3) is 11.6 Å². The van der Waals surface area contributed by atoms with E-state index in [1.165, 1.54) is 29.1 Å². The Bertz CT molecular complexity index is 611. The number of non-ortho nitro benzene ring substituents is 1. The number of carbonyl (C=O) groups is 1. The van der Waals surface area contributed by atoms with Gasteiger partial charge >= 0.3 is 0 Å². The van der Waals surface area contributed by atoms with Crippen molar-refractivity contribution in [1.82, 2.24) is 0 Å². The first-order chi connectivity index (χ1) is 10.0. The zero-order chi connectivity index (χ0) is 15.2. The van der Waals surface area contributed by atoms with Gasteiger partial charge < -0.3 is 10.2 Å². The Labute approximate surface area is 126 Å². The number of nitrogens with zero attached hydrogens (tertiary/aromatic N) is 1. The first-order valence-electron chi connectivity index (χ1n) is 6.42. The number of hydrogen-bond acceptors (Lipinski definition) is 4. The number of amides is 1. The highest BCUT2D eigenvalue weighted by atomic mass is 32.1. The SMILES string of the molecule is C[NH+](CC(=O)Nc1ccc([N+](=O)[O-])cc1)Cc1cccs1. The van der Waals surface area contributed by atoms with Gasteiger partial charge in [-0.3, -0.25) is 14.9 Å². The first kappa shape index (κ1) is 15.1. The third-order valence-corrected chi connectivity index (χ3v) is 3.76. The summed E-state index contributed by atoms with van der Waals surface area (Å²) in [7, 11) is 1.95. The molecule has 0 fully saturated rings. The van der Waals surface area contributed by atoms with E-state index in [0.717, 1.165) is 11.4 Å². The number of likely N-dealkylation sites (N-methyl/N-ethyl adjacent to an activating group) is 1. The van der Waals surface area contributed by atoms with E-state index in [1.807, 2.05) is 24.6 Å². The van der Waals surface area contributed by atoms with Crippen molar-refractivity contribution < 1.29 is 14.6 Å².